The third kappa shape index (κ3) is 7.55. The zero-order chi connectivity index (χ0) is 27.8. The number of carbonyl (C=O) groups is 5. The second-order valence-corrected chi connectivity index (χ2v) is 9.01. The maximum absolute atomic E-state index is 12.6. The molecule has 1 aliphatic heterocycles. The van der Waals surface area contributed by atoms with Crippen LogP contribution in [0.2, 0.25) is 0 Å². The van der Waals surface area contributed by atoms with E-state index in [9.17, 15) is 34.1 Å². The highest BCUT2D eigenvalue weighted by Crippen LogP contribution is 2.28. The second kappa shape index (κ2) is 12.7. The Labute approximate surface area is 220 Å². The average Bonchev–Trinajstić information content (AvgIpc) is 3.46. The number of ether oxygens (including phenoxy) is 2. The first kappa shape index (κ1) is 28.2. The van der Waals surface area contributed by atoms with Gasteiger partial charge in [-0.15, -0.1) is 0 Å². The molecule has 38 heavy (non-hydrogen) atoms. The van der Waals surface area contributed by atoms with Crippen LogP contribution >= 0.6 is 11.8 Å². The van der Waals surface area contributed by atoms with E-state index in [2.05, 4.69) is 10.6 Å². The fourth-order valence-electron chi connectivity index (χ4n) is 3.34. The van der Waals surface area contributed by atoms with Gasteiger partial charge in [0.2, 0.25) is 23.6 Å². The van der Waals surface area contributed by atoms with E-state index in [1.807, 2.05) is 0 Å². The molecule has 2 N–H and O–H groups in total. The van der Waals surface area contributed by atoms with Gasteiger partial charge < -0.3 is 24.5 Å². The van der Waals surface area contributed by atoms with Crippen LogP contribution in [-0.2, 0) is 41.9 Å². The number of amides is 4. The largest absolute Gasteiger partial charge is 0.483 e. The Morgan fingerprint density at radius 2 is 1.95 bits per heavy atom. The van der Waals surface area contributed by atoms with Gasteiger partial charge in [-0.1, -0.05) is 6.07 Å². The number of rotatable bonds is 12. The zero-order valence-electron chi connectivity index (χ0n) is 20.4. The fraction of sp³-hybridized carbons (Fsp3) is 0.348. The van der Waals surface area contributed by atoms with E-state index in [-0.39, 0.29) is 36.8 Å². The summed E-state index contributed by atoms with van der Waals surface area (Å²) in [4.78, 5) is 71.1. The van der Waals surface area contributed by atoms with Crippen molar-refractivity contribution in [1.82, 2.24) is 10.2 Å². The minimum Gasteiger partial charge on any atom is -0.483 e. The molecule has 1 fully saturated rings. The molecule has 0 radical (unpaired) electrons. The highest BCUT2D eigenvalue weighted by atomic mass is 32.2. The summed E-state index contributed by atoms with van der Waals surface area (Å²) in [5.41, 5.74) is 0.692. The van der Waals surface area contributed by atoms with Crippen molar-refractivity contribution >= 4 is 52.9 Å². The summed E-state index contributed by atoms with van der Waals surface area (Å²) >= 11 is 1.22. The standard InChI is InChI=1S/C23H24N4O10S/c1-13(28)35-11-14-3-5-17(36-12-15-4-6-22(37-15)27(33)34)16(7-14)25-19(29)9-24-20(30)10-26-21(31)8-18(38-2)23(26)32/h3-7,18H,8-12H2,1-2H3,(H,24,30)(H,25,29). The van der Waals surface area contributed by atoms with Crippen LogP contribution in [-0.4, -0.2) is 64.0 Å². The molecule has 3 rings (SSSR count). The lowest BCUT2D eigenvalue weighted by Crippen LogP contribution is -2.43. The number of carbonyl (C=O) groups excluding carboxylic acids is 5. The van der Waals surface area contributed by atoms with Crippen molar-refractivity contribution in [2.45, 2.75) is 31.8 Å². The van der Waals surface area contributed by atoms with E-state index in [4.69, 9.17) is 13.9 Å². The minimum atomic E-state index is -0.692. The Hall–Kier alpha value is -4.40. The molecule has 0 bridgehead atoms. The molecule has 0 spiro atoms. The first-order valence-electron chi connectivity index (χ1n) is 11.1. The lowest BCUT2D eigenvalue weighted by Gasteiger charge is -2.15. The van der Waals surface area contributed by atoms with Crippen molar-refractivity contribution in [2.24, 2.45) is 0 Å². The van der Waals surface area contributed by atoms with Crippen molar-refractivity contribution in [3.63, 3.8) is 0 Å². The van der Waals surface area contributed by atoms with Crippen LogP contribution < -0.4 is 15.4 Å². The molecule has 1 aliphatic rings. The van der Waals surface area contributed by atoms with E-state index in [0.29, 0.717) is 5.56 Å². The molecule has 15 heteroatoms. The molecular weight excluding hydrogens is 524 g/mol. The first-order valence-corrected chi connectivity index (χ1v) is 12.4. The normalized spacial score (nSPS) is 14.8. The van der Waals surface area contributed by atoms with Gasteiger partial charge >= 0.3 is 11.9 Å². The van der Waals surface area contributed by atoms with E-state index < -0.39 is 58.7 Å². The number of anilines is 1. The number of furan rings is 1. The van der Waals surface area contributed by atoms with Gasteiger partial charge in [-0.2, -0.15) is 11.8 Å². The number of benzene rings is 1. The summed E-state index contributed by atoms with van der Waals surface area (Å²) in [6.45, 7) is 0.0125. The number of imide groups is 1. The maximum Gasteiger partial charge on any atom is 0.433 e. The summed E-state index contributed by atoms with van der Waals surface area (Å²) in [5, 5.41) is 15.2. The van der Waals surface area contributed by atoms with Gasteiger partial charge in [0.25, 0.3) is 0 Å². The number of thioether (sulfide) groups is 1. The van der Waals surface area contributed by atoms with Gasteiger partial charge in [-0.05, 0) is 30.0 Å². The Bertz CT molecular complexity index is 1260. The highest BCUT2D eigenvalue weighted by Gasteiger charge is 2.38. The van der Waals surface area contributed by atoms with Crippen LogP contribution in [0.3, 0.4) is 0 Å². The predicted molar refractivity (Wildman–Crippen MR) is 132 cm³/mol. The number of esters is 1. The van der Waals surface area contributed by atoms with Crippen LogP contribution in [0, 0.1) is 10.1 Å². The molecule has 0 saturated carbocycles. The van der Waals surface area contributed by atoms with Gasteiger partial charge in [0, 0.05) is 13.3 Å². The van der Waals surface area contributed by atoms with Crippen LogP contribution in [0.25, 0.3) is 0 Å². The lowest BCUT2D eigenvalue weighted by atomic mass is 10.2. The van der Waals surface area contributed by atoms with Gasteiger partial charge in [0.15, 0.2) is 0 Å². The molecule has 0 aliphatic carbocycles. The molecule has 1 unspecified atom stereocenters. The number of nitrogens with zero attached hydrogens (tertiary/aromatic N) is 2. The molecule has 1 aromatic carbocycles. The summed E-state index contributed by atoms with van der Waals surface area (Å²) in [7, 11) is 0. The average molecular weight is 549 g/mol. The van der Waals surface area contributed by atoms with Gasteiger partial charge in [-0.25, -0.2) is 0 Å². The molecule has 2 aromatic rings. The minimum absolute atomic E-state index is 0.0194. The van der Waals surface area contributed by atoms with Crippen LogP contribution in [0.4, 0.5) is 11.6 Å². The van der Waals surface area contributed by atoms with Crippen LogP contribution in [0.15, 0.2) is 34.7 Å². The lowest BCUT2D eigenvalue weighted by molar-refractivity contribution is -0.402. The summed E-state index contributed by atoms with van der Waals surface area (Å²) in [6.07, 6.45) is 1.72. The summed E-state index contributed by atoms with van der Waals surface area (Å²) in [5.74, 6) is -2.86. The molecule has 1 saturated heterocycles. The topological polar surface area (TPSA) is 187 Å². The molecule has 2 heterocycles. The number of likely N-dealkylation sites (tertiary alicyclic amines) is 1. The Kier molecular flexibility index (Phi) is 9.43. The van der Waals surface area contributed by atoms with Gasteiger partial charge in [0.1, 0.15) is 36.2 Å². The fourth-order valence-corrected chi connectivity index (χ4v) is 3.98. The van der Waals surface area contributed by atoms with E-state index in [1.165, 1.54) is 43.0 Å². The molecule has 1 atom stereocenters. The van der Waals surface area contributed by atoms with Crippen molar-refractivity contribution in [3.8, 4) is 5.75 Å². The van der Waals surface area contributed by atoms with E-state index in [0.717, 1.165) is 4.90 Å². The Morgan fingerprint density at radius 3 is 2.58 bits per heavy atom. The van der Waals surface area contributed by atoms with E-state index >= 15 is 0 Å². The summed E-state index contributed by atoms with van der Waals surface area (Å²) < 4.78 is 15.7. The van der Waals surface area contributed by atoms with Crippen molar-refractivity contribution in [1.29, 1.82) is 0 Å². The number of nitro groups is 1. The highest BCUT2D eigenvalue weighted by molar-refractivity contribution is 8.00. The van der Waals surface area contributed by atoms with Crippen molar-refractivity contribution in [2.75, 3.05) is 24.7 Å². The monoisotopic (exact) mass is 548 g/mol. The van der Waals surface area contributed by atoms with Crippen LogP contribution in [0.1, 0.15) is 24.7 Å². The Morgan fingerprint density at radius 1 is 1.18 bits per heavy atom. The van der Waals surface area contributed by atoms with Crippen molar-refractivity contribution < 1.29 is 42.8 Å². The molecule has 14 nitrogen and oxygen atoms in total. The SMILES string of the molecule is CSC1CC(=O)N(CC(=O)NCC(=O)Nc2cc(COC(C)=O)ccc2OCc2ccc([N+](=O)[O-])o2)C1=O. The quantitative estimate of drug-likeness (QED) is 0.169. The van der Waals surface area contributed by atoms with Crippen LogP contribution in [0.5, 0.6) is 5.75 Å². The summed E-state index contributed by atoms with van der Waals surface area (Å²) in [6, 6.07) is 7.13. The second-order valence-electron chi connectivity index (χ2n) is 7.97. The molecule has 1 aromatic heterocycles. The number of hydrogen-bond donors (Lipinski definition) is 2. The zero-order valence-corrected chi connectivity index (χ0v) is 21.2. The number of hydrogen-bond acceptors (Lipinski definition) is 11. The Balaban J connectivity index is 1.62. The van der Waals surface area contributed by atoms with Gasteiger partial charge in [-0.3, -0.25) is 39.0 Å². The predicted octanol–water partition coefficient (Wildman–Crippen LogP) is 1.38. The van der Waals surface area contributed by atoms with E-state index in [1.54, 1.807) is 12.3 Å². The molecule has 4 amide bonds. The van der Waals surface area contributed by atoms with Gasteiger partial charge in [0.05, 0.1) is 23.5 Å². The molecular formula is C23H24N4O10S. The smallest absolute Gasteiger partial charge is 0.433 e. The van der Waals surface area contributed by atoms with Crippen molar-refractivity contribution in [3.05, 3.63) is 51.8 Å². The third-order valence-electron chi connectivity index (χ3n) is 5.19. The molecule has 202 valence electrons. The first-order chi connectivity index (χ1) is 18.1. The number of nitrogens with one attached hydrogen (secondary N) is 2. The third-order valence-corrected chi connectivity index (χ3v) is 6.13. The maximum atomic E-state index is 12.6.